The molecule has 0 unspecified atom stereocenters. The Kier molecular flexibility index (Phi) is 12.7. The highest BCUT2D eigenvalue weighted by Crippen LogP contribution is 2.48. The second-order valence-corrected chi connectivity index (χ2v) is 21.5. The van der Waals surface area contributed by atoms with Gasteiger partial charge in [0.05, 0.1) is 0 Å². The number of halogens is 1. The van der Waals surface area contributed by atoms with Gasteiger partial charge in [-0.3, -0.25) is 0 Å². The van der Waals surface area contributed by atoms with Gasteiger partial charge < -0.3 is 10.0 Å². The molecule has 4 heteroatoms. The molecule has 0 aliphatic carbocycles. The fourth-order valence-electron chi connectivity index (χ4n) is 12.2. The molecule has 0 fully saturated rings. The maximum Gasteiger partial charge on any atom is 0.488 e. The summed E-state index contributed by atoms with van der Waals surface area (Å²) in [6, 6.07) is 104. The summed E-state index contributed by atoms with van der Waals surface area (Å²) < 4.78 is 1.14. The zero-order chi connectivity index (χ0) is 53.7. The molecule has 376 valence electrons. The van der Waals surface area contributed by atoms with E-state index in [1.165, 1.54) is 131 Å². The number of fused-ring (bicyclic) bond motifs is 2. The van der Waals surface area contributed by atoms with E-state index in [1.54, 1.807) is 12.1 Å². The molecule has 2 N–H and O–H groups in total. The van der Waals surface area contributed by atoms with Crippen LogP contribution in [0.5, 0.6) is 0 Å². The van der Waals surface area contributed by atoms with Gasteiger partial charge >= 0.3 is 7.12 Å². The molecule has 16 aromatic rings. The van der Waals surface area contributed by atoms with E-state index < -0.39 is 7.12 Å². The number of benzene rings is 16. The van der Waals surface area contributed by atoms with Crippen molar-refractivity contribution in [2.45, 2.75) is 0 Å². The molecule has 0 atom stereocenters. The van der Waals surface area contributed by atoms with E-state index in [4.69, 9.17) is 10.0 Å². The first-order valence-corrected chi connectivity index (χ1v) is 27.9. The molecule has 0 aromatic heterocycles. The van der Waals surface area contributed by atoms with Gasteiger partial charge in [-0.1, -0.05) is 289 Å². The van der Waals surface area contributed by atoms with Crippen LogP contribution < -0.4 is 5.46 Å². The quantitative estimate of drug-likeness (QED) is 0.129. The van der Waals surface area contributed by atoms with Gasteiger partial charge in [0.2, 0.25) is 0 Å². The highest BCUT2D eigenvalue weighted by Gasteiger charge is 2.20. The molecule has 0 spiro atoms. The topological polar surface area (TPSA) is 40.5 Å². The first-order valence-electron chi connectivity index (χ1n) is 27.1. The minimum Gasteiger partial charge on any atom is -0.423 e. The van der Waals surface area contributed by atoms with Crippen LogP contribution in [0.2, 0.25) is 0 Å². The predicted octanol–water partition coefficient (Wildman–Crippen LogP) is 19.9. The molecular formula is C76H50BBrO2. The first kappa shape index (κ1) is 48.9. The molecule has 0 amide bonds. The van der Waals surface area contributed by atoms with Crippen LogP contribution in [-0.4, -0.2) is 17.2 Å². The number of hydrogen-bond donors (Lipinski definition) is 2. The lowest BCUT2D eigenvalue weighted by molar-refractivity contribution is 0.426. The molecule has 0 saturated heterocycles. The Hall–Kier alpha value is -9.42. The number of rotatable bonds is 6. The smallest absolute Gasteiger partial charge is 0.423 e. The van der Waals surface area contributed by atoms with Gasteiger partial charge in [0.25, 0.3) is 0 Å². The van der Waals surface area contributed by atoms with E-state index in [2.05, 4.69) is 265 Å². The molecule has 16 aromatic carbocycles. The van der Waals surface area contributed by atoms with E-state index >= 15 is 0 Å². The summed E-state index contributed by atoms with van der Waals surface area (Å²) >= 11 is 3.85. The van der Waals surface area contributed by atoms with Gasteiger partial charge in [0.15, 0.2) is 0 Å². The second kappa shape index (κ2) is 20.8. The number of hydrogen-bond acceptors (Lipinski definition) is 2. The predicted molar refractivity (Wildman–Crippen MR) is 346 cm³/mol. The van der Waals surface area contributed by atoms with E-state index in [1.807, 2.05) is 30.3 Å². The van der Waals surface area contributed by atoms with Crippen LogP contribution in [0.4, 0.5) is 0 Å². The molecule has 0 radical (unpaired) electrons. The third kappa shape index (κ3) is 8.81. The SMILES string of the molecule is Brc1cc(-c2ccccc2)c2ccc3ccc(-c4ccccc4)c4ccc1c2c34.OB(O)c1ccc2ccccc2c1.c1ccc(-c2ccc3ccc4c(-c5ccccc5)cc(-c5ccc6ccccc6c5)c5ccc2c3c45)cc1. The molecule has 0 heterocycles. The fourth-order valence-corrected chi connectivity index (χ4v) is 12.7. The molecular weight excluding hydrogens is 1040 g/mol. The third-order valence-corrected chi connectivity index (χ3v) is 16.6. The van der Waals surface area contributed by atoms with Crippen LogP contribution >= 0.6 is 15.9 Å². The molecule has 2 nitrogen and oxygen atoms in total. The molecule has 16 rings (SSSR count). The lowest BCUT2D eigenvalue weighted by Crippen LogP contribution is -2.29. The minimum absolute atomic E-state index is 0.527. The standard InChI is InChI=1S/C38H24.C28H17Br.C10H9BO2/c1-3-10-26(11-4-1)31-19-17-28-18-20-33-35(27-12-5-2-6-13-27)24-36(34-22-21-32(31)37(28)38(33)34)30-16-15-25-9-7-8-14-29(25)23-30;29-26-17-25(19-9-5-2-6-10-19)23-14-12-20-11-13-21(18-7-3-1-4-8-18)22-15-16-24(26)28(23)27(20)22;12-11(13)10-6-5-8-3-1-2-4-9(8)7-10/h1-24H;1-17H;1-7,12-13H. The van der Waals surface area contributed by atoms with E-state index in [0.717, 1.165) is 15.2 Å². The van der Waals surface area contributed by atoms with Gasteiger partial charge in [-0.25, -0.2) is 0 Å². The van der Waals surface area contributed by atoms with Crippen LogP contribution in [0.25, 0.3) is 142 Å². The summed E-state index contributed by atoms with van der Waals surface area (Å²) in [7, 11) is -1.38. The van der Waals surface area contributed by atoms with Gasteiger partial charge in [-0.15, -0.1) is 0 Å². The zero-order valence-corrected chi connectivity index (χ0v) is 45.1. The summed E-state index contributed by atoms with van der Waals surface area (Å²) in [6.07, 6.45) is 0. The van der Waals surface area contributed by atoms with Crippen molar-refractivity contribution in [2.75, 3.05) is 0 Å². The Balaban J connectivity index is 0.000000121. The van der Waals surface area contributed by atoms with Gasteiger partial charge in [-0.2, -0.15) is 0 Å². The van der Waals surface area contributed by atoms with Crippen molar-refractivity contribution in [1.29, 1.82) is 0 Å². The molecule has 0 bridgehead atoms. The lowest BCUT2D eigenvalue weighted by Gasteiger charge is -2.19. The minimum atomic E-state index is -1.38. The molecule has 80 heavy (non-hydrogen) atoms. The third-order valence-electron chi connectivity index (χ3n) is 16.0. The van der Waals surface area contributed by atoms with Crippen LogP contribution in [-0.2, 0) is 0 Å². The van der Waals surface area contributed by atoms with E-state index in [-0.39, 0.29) is 0 Å². The van der Waals surface area contributed by atoms with Crippen molar-refractivity contribution < 1.29 is 10.0 Å². The first-order chi connectivity index (χ1) is 39.4. The maximum absolute atomic E-state index is 8.94. The van der Waals surface area contributed by atoms with Crippen molar-refractivity contribution in [1.82, 2.24) is 0 Å². The normalized spacial score (nSPS) is 11.4. The van der Waals surface area contributed by atoms with Gasteiger partial charge in [-0.05, 0) is 165 Å². The van der Waals surface area contributed by atoms with Crippen molar-refractivity contribution in [2.24, 2.45) is 0 Å². The van der Waals surface area contributed by atoms with Gasteiger partial charge in [0, 0.05) is 4.47 Å². The lowest BCUT2D eigenvalue weighted by atomic mass is 9.79. The van der Waals surface area contributed by atoms with Crippen LogP contribution in [0.15, 0.2) is 296 Å². The fraction of sp³-hybridized carbons (Fsp3) is 0. The summed E-state index contributed by atoms with van der Waals surface area (Å²) in [5, 5.41) is 38.3. The molecule has 0 aliphatic rings. The zero-order valence-electron chi connectivity index (χ0n) is 43.6. The maximum atomic E-state index is 8.94. The highest BCUT2D eigenvalue weighted by atomic mass is 79.9. The van der Waals surface area contributed by atoms with Crippen LogP contribution in [0.1, 0.15) is 0 Å². The van der Waals surface area contributed by atoms with Crippen LogP contribution in [0, 0.1) is 0 Å². The Morgan fingerprint density at radius 2 is 0.562 bits per heavy atom. The van der Waals surface area contributed by atoms with Crippen molar-refractivity contribution in [3.63, 3.8) is 0 Å². The summed E-state index contributed by atoms with van der Waals surface area (Å²) in [5.74, 6) is 0. The average molecular weight is 1090 g/mol. The highest BCUT2D eigenvalue weighted by molar-refractivity contribution is 9.10. The Labute approximate surface area is 473 Å². The van der Waals surface area contributed by atoms with Crippen LogP contribution in [0.3, 0.4) is 0 Å². The average Bonchev–Trinajstić information content (AvgIpc) is 3.61. The summed E-state index contributed by atoms with van der Waals surface area (Å²) in [5.41, 5.74) is 13.2. The Bertz CT molecular complexity index is 4910. The largest absolute Gasteiger partial charge is 0.488 e. The molecule has 0 saturated carbocycles. The monoisotopic (exact) mass is 1080 g/mol. The summed E-state index contributed by atoms with van der Waals surface area (Å²) in [4.78, 5) is 0. The van der Waals surface area contributed by atoms with E-state index in [0.29, 0.717) is 5.46 Å². The Morgan fingerprint density at radius 1 is 0.225 bits per heavy atom. The second-order valence-electron chi connectivity index (χ2n) is 20.6. The molecule has 0 aliphatic heterocycles. The van der Waals surface area contributed by atoms with Crippen molar-refractivity contribution in [3.8, 4) is 55.6 Å². The van der Waals surface area contributed by atoms with Gasteiger partial charge in [0.1, 0.15) is 0 Å². The summed E-state index contributed by atoms with van der Waals surface area (Å²) in [6.45, 7) is 0. The van der Waals surface area contributed by atoms with Crippen molar-refractivity contribution >= 4 is 115 Å². The Morgan fingerprint density at radius 3 is 1.05 bits per heavy atom. The van der Waals surface area contributed by atoms with Crippen molar-refractivity contribution in [3.05, 3.63) is 296 Å². The van der Waals surface area contributed by atoms with E-state index in [9.17, 15) is 0 Å².